The van der Waals surface area contributed by atoms with Crippen molar-refractivity contribution in [1.82, 2.24) is 10.2 Å². The monoisotopic (exact) mass is 621 g/mol. The van der Waals surface area contributed by atoms with E-state index >= 15 is 0 Å². The van der Waals surface area contributed by atoms with Crippen molar-refractivity contribution in [1.29, 1.82) is 0 Å². The number of carbonyl (C=O) groups excluding carboxylic acids is 2. The third kappa shape index (κ3) is 7.44. The second kappa shape index (κ2) is 13.5. The smallest absolute Gasteiger partial charge is 0.264 e. The van der Waals surface area contributed by atoms with Crippen LogP contribution < -0.4 is 19.1 Å². The number of halogens is 2. The van der Waals surface area contributed by atoms with E-state index in [4.69, 9.17) is 32.7 Å². The number of ether oxygens (including phenoxy) is 2. The zero-order valence-electron chi connectivity index (χ0n) is 23.7. The first-order valence-corrected chi connectivity index (χ1v) is 14.8. The first-order valence-electron chi connectivity index (χ1n) is 12.6. The van der Waals surface area contributed by atoms with Crippen molar-refractivity contribution < 1.29 is 27.5 Å². The number of nitrogens with one attached hydrogen (secondary N) is 1. The predicted octanol–water partition coefficient (Wildman–Crippen LogP) is 4.99. The number of amides is 2. The first-order chi connectivity index (χ1) is 19.3. The minimum Gasteiger partial charge on any atom is -0.493 e. The molecule has 0 aliphatic rings. The molecule has 9 nitrogen and oxygen atoms in total. The molecule has 0 aliphatic heterocycles. The molecule has 1 atom stereocenters. The van der Waals surface area contributed by atoms with Crippen molar-refractivity contribution in [2.45, 2.75) is 38.3 Å². The maximum absolute atomic E-state index is 14.1. The van der Waals surface area contributed by atoms with Crippen molar-refractivity contribution in [3.05, 3.63) is 81.3 Å². The second-order valence-corrected chi connectivity index (χ2v) is 12.1. The molecule has 0 aliphatic carbocycles. The van der Waals surface area contributed by atoms with Gasteiger partial charge in [0.1, 0.15) is 12.6 Å². The summed E-state index contributed by atoms with van der Waals surface area (Å²) in [7, 11) is 0.000985. The van der Waals surface area contributed by atoms with Gasteiger partial charge < -0.3 is 19.7 Å². The Hall–Kier alpha value is -3.47. The minimum atomic E-state index is -4.31. The summed E-state index contributed by atoms with van der Waals surface area (Å²) >= 11 is 12.4. The highest BCUT2D eigenvalue weighted by molar-refractivity contribution is 7.92. The predicted molar refractivity (Wildman–Crippen MR) is 161 cm³/mol. The molecule has 1 N–H and O–H groups in total. The van der Waals surface area contributed by atoms with E-state index < -0.39 is 34.4 Å². The highest BCUT2D eigenvalue weighted by atomic mass is 35.5. The van der Waals surface area contributed by atoms with E-state index in [9.17, 15) is 18.0 Å². The number of sulfonamides is 1. The number of aryl methyl sites for hydroxylation is 2. The molecule has 3 aromatic rings. The third-order valence-corrected chi connectivity index (χ3v) is 8.84. The van der Waals surface area contributed by atoms with E-state index in [0.29, 0.717) is 27.0 Å². The van der Waals surface area contributed by atoms with Gasteiger partial charge in [0.15, 0.2) is 11.5 Å². The Balaban J connectivity index is 2.13. The van der Waals surface area contributed by atoms with Gasteiger partial charge in [0.25, 0.3) is 10.0 Å². The van der Waals surface area contributed by atoms with E-state index in [1.165, 1.54) is 50.4 Å². The van der Waals surface area contributed by atoms with Gasteiger partial charge in [0.05, 0.1) is 24.8 Å². The Bertz CT molecular complexity index is 1530. The van der Waals surface area contributed by atoms with Gasteiger partial charge in [-0.1, -0.05) is 35.3 Å². The summed E-state index contributed by atoms with van der Waals surface area (Å²) in [6.07, 6.45) is 0. The summed E-state index contributed by atoms with van der Waals surface area (Å²) in [5.74, 6) is -0.474. The van der Waals surface area contributed by atoms with Crippen LogP contribution in [-0.4, -0.2) is 59.0 Å². The average molecular weight is 623 g/mol. The van der Waals surface area contributed by atoms with Crippen LogP contribution in [0.1, 0.15) is 23.6 Å². The molecule has 2 amide bonds. The second-order valence-electron chi connectivity index (χ2n) is 9.42. The lowest BCUT2D eigenvalue weighted by Gasteiger charge is -2.32. The van der Waals surface area contributed by atoms with Crippen molar-refractivity contribution in [2.75, 3.05) is 32.1 Å². The molecule has 3 aromatic carbocycles. The zero-order valence-corrected chi connectivity index (χ0v) is 26.0. The molecular weight excluding hydrogens is 589 g/mol. The molecule has 0 saturated heterocycles. The highest BCUT2D eigenvalue weighted by Crippen LogP contribution is 2.33. The highest BCUT2D eigenvalue weighted by Gasteiger charge is 2.33. The van der Waals surface area contributed by atoms with Crippen LogP contribution in [0.25, 0.3) is 0 Å². The number of likely N-dealkylation sites (N-methyl/N-ethyl adjacent to an activating group) is 1. The van der Waals surface area contributed by atoms with Gasteiger partial charge in [-0.15, -0.1) is 0 Å². The SMILES string of the molecule is CNC(=O)[C@H](C)N(Cc1ccc(Cl)cc1Cl)C(=O)CN(c1cc(C)cc(C)c1)S(=O)(=O)c1ccc(OC)c(OC)c1. The van der Waals surface area contributed by atoms with Crippen LogP contribution in [0.4, 0.5) is 5.69 Å². The molecule has 0 heterocycles. The molecule has 0 fully saturated rings. The number of anilines is 1. The number of rotatable bonds is 11. The maximum Gasteiger partial charge on any atom is 0.264 e. The maximum atomic E-state index is 14.1. The van der Waals surface area contributed by atoms with Gasteiger partial charge in [0, 0.05) is 29.7 Å². The van der Waals surface area contributed by atoms with Gasteiger partial charge >= 0.3 is 0 Å². The van der Waals surface area contributed by atoms with Crippen LogP contribution in [0.15, 0.2) is 59.5 Å². The third-order valence-electron chi connectivity index (χ3n) is 6.49. The lowest BCUT2D eigenvalue weighted by Crippen LogP contribution is -2.50. The van der Waals surface area contributed by atoms with Gasteiger partial charge in [0.2, 0.25) is 11.8 Å². The van der Waals surface area contributed by atoms with Gasteiger partial charge in [-0.05, 0) is 73.9 Å². The number of methoxy groups -OCH3 is 2. The van der Waals surface area contributed by atoms with Gasteiger partial charge in [-0.25, -0.2) is 8.42 Å². The Kier molecular flexibility index (Phi) is 10.5. The van der Waals surface area contributed by atoms with Crippen LogP contribution in [0.3, 0.4) is 0 Å². The number of carbonyl (C=O) groups is 2. The summed E-state index contributed by atoms with van der Waals surface area (Å²) in [5.41, 5.74) is 2.45. The normalized spacial score (nSPS) is 11.9. The molecule has 0 bridgehead atoms. The molecule has 12 heteroatoms. The number of hydrogen-bond acceptors (Lipinski definition) is 6. The average Bonchev–Trinajstić information content (AvgIpc) is 2.93. The lowest BCUT2D eigenvalue weighted by atomic mass is 10.1. The lowest BCUT2D eigenvalue weighted by molar-refractivity contribution is -0.139. The van der Waals surface area contributed by atoms with Crippen molar-refractivity contribution in [2.24, 2.45) is 0 Å². The van der Waals surface area contributed by atoms with Gasteiger partial charge in [-0.2, -0.15) is 0 Å². The number of nitrogens with zero attached hydrogens (tertiary/aromatic N) is 2. The van der Waals surface area contributed by atoms with E-state index in [0.717, 1.165) is 15.4 Å². The standard InChI is InChI=1S/C29H33Cl2N3O6S/c1-18-11-19(2)13-23(12-18)34(41(37,38)24-9-10-26(39-5)27(15-24)40-6)17-28(35)33(20(3)29(36)32-4)16-21-7-8-22(30)14-25(21)31/h7-15,20H,16-17H2,1-6H3,(H,32,36)/t20-/m0/s1. The molecule has 0 radical (unpaired) electrons. The van der Waals surface area contributed by atoms with E-state index in [1.807, 2.05) is 19.9 Å². The summed E-state index contributed by atoms with van der Waals surface area (Å²) in [4.78, 5) is 27.8. The molecule has 0 saturated carbocycles. The quantitative estimate of drug-likeness (QED) is 0.323. The topological polar surface area (TPSA) is 105 Å². The summed E-state index contributed by atoms with van der Waals surface area (Å²) in [6.45, 7) is 4.58. The largest absolute Gasteiger partial charge is 0.493 e. The number of hydrogen-bond donors (Lipinski definition) is 1. The molecule has 41 heavy (non-hydrogen) atoms. The van der Waals surface area contributed by atoms with E-state index in [2.05, 4.69) is 5.32 Å². The fourth-order valence-corrected chi connectivity index (χ4v) is 6.23. The summed E-state index contributed by atoms with van der Waals surface area (Å²) < 4.78 is 39.9. The van der Waals surface area contributed by atoms with Crippen LogP contribution in [-0.2, 0) is 26.2 Å². The fraction of sp³-hybridized carbons (Fsp3) is 0.310. The molecule has 0 aromatic heterocycles. The fourth-order valence-electron chi connectivity index (χ4n) is 4.35. The van der Waals surface area contributed by atoms with Crippen LogP contribution in [0.5, 0.6) is 11.5 Å². The molecule has 0 unspecified atom stereocenters. The first kappa shape index (κ1) is 32.0. The Morgan fingerprint density at radius 1 is 0.927 bits per heavy atom. The zero-order chi connectivity index (χ0) is 30.5. The molecule has 3 rings (SSSR count). The van der Waals surface area contributed by atoms with Crippen molar-refractivity contribution >= 4 is 50.7 Å². The van der Waals surface area contributed by atoms with E-state index in [-0.39, 0.29) is 17.2 Å². The van der Waals surface area contributed by atoms with Gasteiger partial charge in [-0.3, -0.25) is 13.9 Å². The summed E-state index contributed by atoms with van der Waals surface area (Å²) in [6, 6.07) is 13.3. The van der Waals surface area contributed by atoms with Crippen LogP contribution in [0.2, 0.25) is 10.0 Å². The minimum absolute atomic E-state index is 0.0550. The molecule has 220 valence electrons. The summed E-state index contributed by atoms with van der Waals surface area (Å²) in [5, 5.41) is 3.27. The van der Waals surface area contributed by atoms with E-state index in [1.54, 1.807) is 31.2 Å². The molecular formula is C29H33Cl2N3O6S. The number of benzene rings is 3. The Labute approximate surface area is 251 Å². The van der Waals surface area contributed by atoms with Crippen molar-refractivity contribution in [3.63, 3.8) is 0 Å². The Morgan fingerprint density at radius 3 is 2.12 bits per heavy atom. The van der Waals surface area contributed by atoms with Crippen molar-refractivity contribution in [3.8, 4) is 11.5 Å². The van der Waals surface area contributed by atoms with Crippen LogP contribution in [0, 0.1) is 13.8 Å². The van der Waals surface area contributed by atoms with Crippen LogP contribution >= 0.6 is 23.2 Å². The Morgan fingerprint density at radius 2 is 1.56 bits per heavy atom. The molecule has 0 spiro atoms.